The number of hydrogen-bond acceptors (Lipinski definition) is 9. The van der Waals surface area contributed by atoms with Gasteiger partial charge in [-0.25, -0.2) is 9.78 Å². The summed E-state index contributed by atoms with van der Waals surface area (Å²) in [5.74, 6) is 2.51. The second-order valence-electron chi connectivity index (χ2n) is 11.1. The maximum absolute atomic E-state index is 13.9. The number of hydrogen-bond donors (Lipinski definition) is 1. The number of methoxy groups -OCH3 is 2. The molecule has 4 aromatic rings. The number of carbonyl (C=O) groups excluding carboxylic acids is 1. The molecule has 3 aromatic carbocycles. The van der Waals surface area contributed by atoms with Crippen molar-refractivity contribution in [1.82, 2.24) is 14.9 Å². The van der Waals surface area contributed by atoms with Gasteiger partial charge < -0.3 is 29.3 Å². The summed E-state index contributed by atoms with van der Waals surface area (Å²) in [4.78, 5) is 29.3. The molecule has 44 heavy (non-hydrogen) atoms. The first kappa shape index (κ1) is 30.6. The van der Waals surface area contributed by atoms with Crippen LogP contribution >= 0.6 is 0 Å². The largest absolute Gasteiger partial charge is 0.497 e. The van der Waals surface area contributed by atoms with Crippen LogP contribution in [0.15, 0.2) is 66.9 Å². The molecular weight excluding hydrogens is 556 g/mol. The van der Waals surface area contributed by atoms with Crippen molar-refractivity contribution in [3.8, 4) is 17.2 Å². The van der Waals surface area contributed by atoms with Crippen molar-refractivity contribution in [2.75, 3.05) is 62.6 Å². The number of benzene rings is 3. The van der Waals surface area contributed by atoms with Gasteiger partial charge in [-0.3, -0.25) is 4.90 Å². The molecule has 1 aliphatic heterocycles. The molecule has 0 bridgehead atoms. The summed E-state index contributed by atoms with van der Waals surface area (Å²) in [6.45, 7) is 9.99. The van der Waals surface area contributed by atoms with Gasteiger partial charge in [0.2, 0.25) is 5.95 Å². The number of aromatic nitrogens is 2. The highest BCUT2D eigenvalue weighted by Crippen LogP contribution is 2.30. The summed E-state index contributed by atoms with van der Waals surface area (Å²) >= 11 is 0. The van der Waals surface area contributed by atoms with E-state index < -0.39 is 6.09 Å². The molecule has 10 nitrogen and oxygen atoms in total. The zero-order valence-corrected chi connectivity index (χ0v) is 26.3. The van der Waals surface area contributed by atoms with Crippen LogP contribution in [-0.2, 0) is 6.54 Å². The van der Waals surface area contributed by atoms with Crippen molar-refractivity contribution in [2.24, 2.45) is 0 Å². The van der Waals surface area contributed by atoms with Gasteiger partial charge in [0.05, 0.1) is 20.8 Å². The molecule has 0 aliphatic carbocycles. The molecule has 1 aromatic heterocycles. The zero-order valence-electron chi connectivity index (χ0n) is 26.3. The van der Waals surface area contributed by atoms with Crippen LogP contribution in [0.3, 0.4) is 0 Å². The smallest absolute Gasteiger partial charge is 0.421 e. The summed E-state index contributed by atoms with van der Waals surface area (Å²) < 4.78 is 17.1. The minimum Gasteiger partial charge on any atom is -0.497 e. The molecule has 230 valence electrons. The van der Waals surface area contributed by atoms with Gasteiger partial charge in [0.25, 0.3) is 0 Å². The van der Waals surface area contributed by atoms with Crippen molar-refractivity contribution in [1.29, 1.82) is 0 Å². The van der Waals surface area contributed by atoms with Gasteiger partial charge in [0.15, 0.2) is 0 Å². The van der Waals surface area contributed by atoms with E-state index in [0.717, 1.165) is 59.8 Å². The number of aryl methyl sites for hydroxylation is 3. The fourth-order valence-corrected chi connectivity index (χ4v) is 5.42. The Morgan fingerprint density at radius 2 is 1.68 bits per heavy atom. The number of carbonyl (C=O) groups is 1. The lowest BCUT2D eigenvalue weighted by molar-refractivity contribution is 0.206. The Bertz CT molecular complexity index is 1600. The average molecular weight is 597 g/mol. The third-order valence-electron chi connectivity index (χ3n) is 7.72. The molecule has 0 spiro atoms. The highest BCUT2D eigenvalue weighted by molar-refractivity contribution is 5.88. The first-order chi connectivity index (χ1) is 21.2. The SMILES string of the molecule is COc1ccc(OC)c(CN(C(=O)Oc2c(C)cc(C)cc2C)c2ccnc(Nc3cccc(N4CCN(C)CC4)c3)n2)c1. The topological polar surface area (TPSA) is 92.3 Å². The summed E-state index contributed by atoms with van der Waals surface area (Å²) in [5.41, 5.74) is 5.57. The number of amides is 1. The van der Waals surface area contributed by atoms with E-state index in [4.69, 9.17) is 19.2 Å². The molecule has 1 N–H and O–H groups in total. The standard InChI is InChI=1S/C34H40N6O4/c1-23-18-24(2)32(25(3)19-23)44-34(41)40(22-26-20-29(42-5)10-11-30(26)43-6)31-12-13-35-33(37-31)36-27-8-7-9-28(21-27)39-16-14-38(4)15-17-39/h7-13,18-21H,14-17,22H2,1-6H3,(H,35,36,37). The Labute approximate surface area is 259 Å². The molecule has 0 unspecified atom stereocenters. The van der Waals surface area contributed by atoms with Crippen molar-refractivity contribution >= 4 is 29.2 Å². The van der Waals surface area contributed by atoms with Crippen molar-refractivity contribution in [3.05, 3.63) is 89.1 Å². The van der Waals surface area contributed by atoms with Crippen LogP contribution in [0, 0.1) is 20.8 Å². The lowest BCUT2D eigenvalue weighted by atomic mass is 10.1. The quantitative estimate of drug-likeness (QED) is 0.245. The van der Waals surface area contributed by atoms with Gasteiger partial charge in [-0.1, -0.05) is 23.8 Å². The van der Waals surface area contributed by atoms with Crippen LogP contribution in [0.4, 0.5) is 27.9 Å². The fraction of sp³-hybridized carbons (Fsp3) is 0.324. The molecule has 1 aliphatic rings. The Hall–Kier alpha value is -4.83. The number of rotatable bonds is 9. The molecule has 0 atom stereocenters. The molecule has 5 rings (SSSR count). The predicted molar refractivity (Wildman–Crippen MR) is 174 cm³/mol. The van der Waals surface area contributed by atoms with E-state index in [2.05, 4.69) is 39.3 Å². The maximum Gasteiger partial charge on any atom is 0.421 e. The maximum atomic E-state index is 13.9. The predicted octanol–water partition coefficient (Wildman–Crippen LogP) is 6.12. The van der Waals surface area contributed by atoms with Crippen molar-refractivity contribution in [2.45, 2.75) is 27.3 Å². The molecule has 1 fully saturated rings. The molecular formula is C34H40N6O4. The molecule has 10 heteroatoms. The van der Waals surface area contributed by atoms with E-state index in [-0.39, 0.29) is 6.54 Å². The lowest BCUT2D eigenvalue weighted by Gasteiger charge is -2.34. The molecule has 2 heterocycles. The Morgan fingerprint density at radius 3 is 2.39 bits per heavy atom. The second kappa shape index (κ2) is 13.6. The first-order valence-corrected chi connectivity index (χ1v) is 14.7. The number of ether oxygens (including phenoxy) is 3. The van der Waals surface area contributed by atoms with Crippen LogP contribution in [0.2, 0.25) is 0 Å². The van der Waals surface area contributed by atoms with E-state index in [1.54, 1.807) is 26.5 Å². The Morgan fingerprint density at radius 1 is 0.932 bits per heavy atom. The number of nitrogens with zero attached hydrogens (tertiary/aromatic N) is 5. The average Bonchev–Trinajstić information content (AvgIpc) is 3.02. The number of nitrogens with one attached hydrogen (secondary N) is 1. The monoisotopic (exact) mass is 596 g/mol. The summed E-state index contributed by atoms with van der Waals surface area (Å²) in [6, 6.07) is 19.3. The fourth-order valence-electron chi connectivity index (χ4n) is 5.42. The van der Waals surface area contributed by atoms with Gasteiger partial charge in [0, 0.05) is 49.3 Å². The van der Waals surface area contributed by atoms with E-state index in [0.29, 0.717) is 29.0 Å². The third kappa shape index (κ3) is 7.20. The van der Waals surface area contributed by atoms with Gasteiger partial charge in [-0.2, -0.15) is 4.98 Å². The van der Waals surface area contributed by atoms with E-state index in [9.17, 15) is 4.79 Å². The molecule has 0 radical (unpaired) electrons. The minimum absolute atomic E-state index is 0.124. The number of anilines is 4. The highest BCUT2D eigenvalue weighted by atomic mass is 16.6. The van der Waals surface area contributed by atoms with Gasteiger partial charge in [-0.05, 0) is 81.4 Å². The third-order valence-corrected chi connectivity index (χ3v) is 7.72. The van der Waals surface area contributed by atoms with Gasteiger partial charge >= 0.3 is 6.09 Å². The molecule has 1 amide bonds. The van der Waals surface area contributed by atoms with Crippen LogP contribution in [-0.4, -0.2) is 68.4 Å². The summed E-state index contributed by atoms with van der Waals surface area (Å²) in [5, 5.41) is 3.32. The Balaban J connectivity index is 1.45. The van der Waals surface area contributed by atoms with Crippen LogP contribution in [0.25, 0.3) is 0 Å². The minimum atomic E-state index is -0.577. The lowest BCUT2D eigenvalue weighted by Crippen LogP contribution is -2.44. The van der Waals surface area contributed by atoms with Crippen LogP contribution in [0.1, 0.15) is 22.3 Å². The number of piperazine rings is 1. The van der Waals surface area contributed by atoms with Gasteiger partial charge in [0.1, 0.15) is 23.1 Å². The summed E-state index contributed by atoms with van der Waals surface area (Å²) in [7, 11) is 5.34. The molecule has 1 saturated heterocycles. The van der Waals surface area contributed by atoms with Crippen molar-refractivity contribution in [3.63, 3.8) is 0 Å². The first-order valence-electron chi connectivity index (χ1n) is 14.7. The summed E-state index contributed by atoms with van der Waals surface area (Å²) in [6.07, 6.45) is 1.05. The van der Waals surface area contributed by atoms with E-state index in [1.165, 1.54) is 4.90 Å². The second-order valence-corrected chi connectivity index (χ2v) is 11.1. The zero-order chi connectivity index (χ0) is 31.2. The number of likely N-dealkylation sites (N-methyl/N-ethyl adjacent to an activating group) is 1. The normalized spacial score (nSPS) is 13.4. The van der Waals surface area contributed by atoms with Crippen LogP contribution in [0.5, 0.6) is 17.2 Å². The highest BCUT2D eigenvalue weighted by Gasteiger charge is 2.24. The van der Waals surface area contributed by atoms with E-state index >= 15 is 0 Å². The van der Waals surface area contributed by atoms with Crippen molar-refractivity contribution < 1.29 is 19.0 Å². The Kier molecular flexibility index (Phi) is 9.50. The van der Waals surface area contributed by atoms with Crippen LogP contribution < -0.4 is 29.3 Å². The van der Waals surface area contributed by atoms with Gasteiger partial charge in [-0.15, -0.1) is 0 Å². The molecule has 0 saturated carbocycles. The van der Waals surface area contributed by atoms with E-state index in [1.807, 2.05) is 63.2 Å².